The van der Waals surface area contributed by atoms with Crippen LogP contribution in [0, 0.1) is 5.21 Å². The van der Waals surface area contributed by atoms with Gasteiger partial charge in [-0.15, -0.1) is 0 Å². The quantitative estimate of drug-likeness (QED) is 0.236. The number of nitrogens with one attached hydrogen (secondary N) is 1. The lowest BCUT2D eigenvalue weighted by atomic mass is 10.1. The molecule has 0 aliphatic rings. The lowest BCUT2D eigenvalue weighted by Crippen LogP contribution is -2.42. The molecule has 1 unspecified atom stereocenters. The standard InChI is InChI=1S/C13H18N4O4S/c1-13(2,3)17(21)6-10-14-4-8(5-15-10)11(18)16-9(7-22)12(19)20/h4-6,9,22H,7H2,1-3H3,(H,16,18)(H,19,20)/b17-6-. The molecule has 0 aromatic carbocycles. The Morgan fingerprint density at radius 1 is 1.45 bits per heavy atom. The van der Waals surface area contributed by atoms with Crippen LogP contribution >= 0.6 is 12.6 Å². The summed E-state index contributed by atoms with van der Waals surface area (Å²) in [6, 6.07) is -1.10. The Hall–Kier alpha value is -2.16. The summed E-state index contributed by atoms with van der Waals surface area (Å²) in [6.45, 7) is 5.21. The maximum absolute atomic E-state index is 11.8. The first-order valence-electron chi connectivity index (χ1n) is 6.43. The van der Waals surface area contributed by atoms with Crippen LogP contribution in [0.3, 0.4) is 0 Å². The van der Waals surface area contributed by atoms with E-state index in [0.717, 1.165) is 0 Å². The molecule has 0 bridgehead atoms. The fourth-order valence-corrected chi connectivity index (χ4v) is 1.49. The summed E-state index contributed by atoms with van der Waals surface area (Å²) >= 11 is 3.85. The molecule has 22 heavy (non-hydrogen) atoms. The summed E-state index contributed by atoms with van der Waals surface area (Å²) in [5.74, 6) is -1.68. The molecule has 0 aliphatic heterocycles. The number of hydroxylamine groups is 1. The SMILES string of the molecule is CC(C)(C)/[N+]([O-])=C/c1ncc(C(=O)NC(CS)C(=O)O)cn1. The van der Waals surface area contributed by atoms with Crippen LogP contribution in [0.15, 0.2) is 12.4 Å². The Kier molecular flexibility index (Phi) is 5.86. The van der Waals surface area contributed by atoms with Crippen LogP contribution in [0.25, 0.3) is 0 Å². The van der Waals surface area contributed by atoms with E-state index in [0.29, 0.717) is 4.74 Å². The first-order chi connectivity index (χ1) is 10.1. The van der Waals surface area contributed by atoms with E-state index in [-0.39, 0.29) is 17.1 Å². The average Bonchev–Trinajstić information content (AvgIpc) is 2.43. The molecule has 0 saturated heterocycles. The van der Waals surface area contributed by atoms with Gasteiger partial charge in [0.15, 0.2) is 5.54 Å². The van der Waals surface area contributed by atoms with Crippen molar-refractivity contribution in [2.75, 3.05) is 5.75 Å². The van der Waals surface area contributed by atoms with Gasteiger partial charge >= 0.3 is 5.97 Å². The van der Waals surface area contributed by atoms with Crippen molar-refractivity contribution in [3.63, 3.8) is 0 Å². The first-order valence-corrected chi connectivity index (χ1v) is 7.06. The molecule has 0 radical (unpaired) electrons. The highest BCUT2D eigenvalue weighted by molar-refractivity contribution is 7.80. The number of carboxylic acid groups (broad SMARTS) is 1. The lowest BCUT2D eigenvalue weighted by molar-refractivity contribution is -0.530. The monoisotopic (exact) mass is 326 g/mol. The molecule has 9 heteroatoms. The van der Waals surface area contributed by atoms with Crippen molar-refractivity contribution in [1.29, 1.82) is 0 Å². The fourth-order valence-electron chi connectivity index (χ4n) is 1.25. The third-order valence-corrected chi connectivity index (χ3v) is 2.98. The van der Waals surface area contributed by atoms with Gasteiger partial charge in [-0.05, 0) is 0 Å². The van der Waals surface area contributed by atoms with Gasteiger partial charge < -0.3 is 15.6 Å². The number of carbonyl (C=O) groups excluding carboxylic acids is 1. The van der Waals surface area contributed by atoms with E-state index in [9.17, 15) is 14.8 Å². The topological polar surface area (TPSA) is 118 Å². The molecule has 0 spiro atoms. The van der Waals surface area contributed by atoms with Gasteiger partial charge in [0.05, 0.1) is 5.56 Å². The van der Waals surface area contributed by atoms with Crippen LogP contribution in [0.5, 0.6) is 0 Å². The molecule has 1 heterocycles. The molecule has 8 nitrogen and oxygen atoms in total. The number of thiol groups is 1. The van der Waals surface area contributed by atoms with Crippen LogP contribution in [0.2, 0.25) is 0 Å². The maximum atomic E-state index is 11.8. The Labute approximate surface area is 133 Å². The summed E-state index contributed by atoms with van der Waals surface area (Å²) < 4.78 is 0.712. The van der Waals surface area contributed by atoms with Crippen LogP contribution in [0.1, 0.15) is 37.0 Å². The molecule has 1 aromatic heterocycles. The highest BCUT2D eigenvalue weighted by Gasteiger charge is 2.20. The predicted octanol–water partition coefficient (Wildman–Crippen LogP) is 0.317. The van der Waals surface area contributed by atoms with E-state index < -0.39 is 23.5 Å². The lowest BCUT2D eigenvalue weighted by Gasteiger charge is -2.18. The number of hydrogen-bond acceptors (Lipinski definition) is 6. The van der Waals surface area contributed by atoms with E-state index in [1.165, 1.54) is 18.6 Å². The molecule has 1 amide bonds. The van der Waals surface area contributed by atoms with Gasteiger partial charge in [-0.2, -0.15) is 12.6 Å². The second kappa shape index (κ2) is 7.21. The fraction of sp³-hybridized carbons (Fsp3) is 0.462. The first kappa shape index (κ1) is 17.9. The van der Waals surface area contributed by atoms with E-state index in [1.54, 1.807) is 20.8 Å². The van der Waals surface area contributed by atoms with Crippen molar-refractivity contribution in [2.24, 2.45) is 0 Å². The highest BCUT2D eigenvalue weighted by atomic mass is 32.1. The number of carboxylic acids is 1. The number of aromatic nitrogens is 2. The third-order valence-electron chi connectivity index (χ3n) is 2.61. The van der Waals surface area contributed by atoms with Gasteiger partial charge in [-0.1, -0.05) is 0 Å². The summed E-state index contributed by atoms with van der Waals surface area (Å²) in [7, 11) is 0. The Morgan fingerprint density at radius 3 is 2.41 bits per heavy atom. The second-order valence-corrected chi connectivity index (χ2v) is 5.87. The van der Waals surface area contributed by atoms with Gasteiger partial charge in [0.25, 0.3) is 5.91 Å². The molecule has 0 aliphatic carbocycles. The Bertz CT molecular complexity index is 581. The van der Waals surface area contributed by atoms with Gasteiger partial charge in [0.2, 0.25) is 12.0 Å². The van der Waals surface area contributed by atoms with E-state index in [2.05, 4.69) is 27.9 Å². The van der Waals surface area contributed by atoms with Crippen molar-refractivity contribution in [1.82, 2.24) is 15.3 Å². The zero-order valence-corrected chi connectivity index (χ0v) is 13.4. The van der Waals surface area contributed by atoms with Crippen molar-refractivity contribution >= 4 is 30.7 Å². The van der Waals surface area contributed by atoms with Crippen molar-refractivity contribution in [3.05, 3.63) is 29.0 Å². The van der Waals surface area contributed by atoms with E-state index in [4.69, 9.17) is 5.11 Å². The average molecular weight is 326 g/mol. The summed E-state index contributed by atoms with van der Waals surface area (Å²) in [5, 5.41) is 22.9. The molecular weight excluding hydrogens is 308 g/mol. The zero-order valence-electron chi connectivity index (χ0n) is 12.5. The molecular formula is C13H18N4O4S. The van der Waals surface area contributed by atoms with Crippen LogP contribution in [-0.4, -0.2) is 55.2 Å². The van der Waals surface area contributed by atoms with E-state index in [1.807, 2.05) is 0 Å². The normalized spacial score (nSPS) is 13.5. The molecule has 0 fully saturated rings. The van der Waals surface area contributed by atoms with Gasteiger partial charge in [0.1, 0.15) is 6.04 Å². The Balaban J connectivity index is 2.85. The van der Waals surface area contributed by atoms with Crippen LogP contribution in [0.4, 0.5) is 0 Å². The number of aliphatic carboxylic acids is 1. The second-order valence-electron chi connectivity index (χ2n) is 5.50. The Morgan fingerprint density at radius 2 is 2.00 bits per heavy atom. The smallest absolute Gasteiger partial charge is 0.327 e. The van der Waals surface area contributed by atoms with Gasteiger partial charge in [-0.25, -0.2) is 19.5 Å². The van der Waals surface area contributed by atoms with Crippen LogP contribution < -0.4 is 5.32 Å². The van der Waals surface area contributed by atoms with Crippen LogP contribution in [-0.2, 0) is 4.79 Å². The minimum absolute atomic E-state index is 0.0372. The van der Waals surface area contributed by atoms with Gasteiger partial charge in [-0.3, -0.25) is 4.79 Å². The van der Waals surface area contributed by atoms with Crippen molar-refractivity contribution < 1.29 is 19.4 Å². The highest BCUT2D eigenvalue weighted by Crippen LogP contribution is 2.05. The number of carbonyl (C=O) groups is 2. The molecule has 2 N–H and O–H groups in total. The van der Waals surface area contributed by atoms with E-state index >= 15 is 0 Å². The molecule has 1 aromatic rings. The number of nitrogens with zero attached hydrogens (tertiary/aromatic N) is 3. The summed E-state index contributed by atoms with van der Waals surface area (Å²) in [5.41, 5.74) is -0.529. The molecule has 1 rings (SSSR count). The van der Waals surface area contributed by atoms with Crippen molar-refractivity contribution in [2.45, 2.75) is 32.4 Å². The number of amides is 1. The predicted molar refractivity (Wildman–Crippen MR) is 83.3 cm³/mol. The van der Waals surface area contributed by atoms with Gasteiger partial charge in [0, 0.05) is 38.9 Å². The molecule has 0 saturated carbocycles. The third kappa shape index (κ3) is 4.99. The van der Waals surface area contributed by atoms with Crippen molar-refractivity contribution in [3.8, 4) is 0 Å². The summed E-state index contributed by atoms with van der Waals surface area (Å²) in [6.07, 6.45) is 3.67. The minimum atomic E-state index is -1.18. The number of rotatable bonds is 5. The zero-order chi connectivity index (χ0) is 16.9. The maximum Gasteiger partial charge on any atom is 0.327 e. The molecule has 1 atom stereocenters. The summed E-state index contributed by atoms with van der Waals surface area (Å²) in [4.78, 5) is 30.5. The minimum Gasteiger partial charge on any atom is -0.623 e. The molecule has 120 valence electrons. The largest absolute Gasteiger partial charge is 0.623 e. The number of hydrogen-bond donors (Lipinski definition) is 3.